The molecule has 2 atom stereocenters. The molecule has 226 valence electrons. The summed E-state index contributed by atoms with van der Waals surface area (Å²) in [6.07, 6.45) is 7.94. The molecule has 0 unspecified atom stereocenters. The third kappa shape index (κ3) is 6.53. The van der Waals surface area contributed by atoms with Gasteiger partial charge in [-0.05, 0) is 64.2 Å². The number of hydrogen-bond acceptors (Lipinski definition) is 9. The van der Waals surface area contributed by atoms with Gasteiger partial charge in [0.05, 0.1) is 40.1 Å². The van der Waals surface area contributed by atoms with Crippen LogP contribution in [-0.2, 0) is 4.74 Å². The van der Waals surface area contributed by atoms with Crippen molar-refractivity contribution in [3.05, 3.63) is 76.7 Å². The van der Waals surface area contributed by atoms with Gasteiger partial charge in [0.25, 0.3) is 0 Å². The molecule has 43 heavy (non-hydrogen) atoms. The van der Waals surface area contributed by atoms with Crippen molar-refractivity contribution in [2.75, 3.05) is 36.9 Å². The fraction of sp³-hybridized carbons (Fsp3) is 0.455. The highest BCUT2D eigenvalue weighted by atomic mass is 35.5. The molecule has 1 aromatic heterocycles. The second kappa shape index (κ2) is 12.6. The molecule has 0 bridgehead atoms. The maximum absolute atomic E-state index is 9.93. The van der Waals surface area contributed by atoms with Gasteiger partial charge in [-0.2, -0.15) is 5.26 Å². The zero-order chi connectivity index (χ0) is 30.0. The molecule has 0 amide bonds. The van der Waals surface area contributed by atoms with E-state index in [1.807, 2.05) is 18.2 Å². The Kier molecular flexibility index (Phi) is 8.64. The van der Waals surface area contributed by atoms with Crippen molar-refractivity contribution in [2.24, 2.45) is 0 Å². The van der Waals surface area contributed by atoms with Crippen molar-refractivity contribution in [3.8, 4) is 6.07 Å². The van der Waals surface area contributed by atoms with Crippen molar-refractivity contribution in [1.29, 1.82) is 5.26 Å². The van der Waals surface area contributed by atoms with E-state index in [1.165, 1.54) is 0 Å². The summed E-state index contributed by atoms with van der Waals surface area (Å²) in [5.41, 5.74) is 11.9. The fourth-order valence-corrected chi connectivity index (χ4v) is 6.56. The van der Waals surface area contributed by atoms with Gasteiger partial charge >= 0.3 is 0 Å². The summed E-state index contributed by atoms with van der Waals surface area (Å²) in [5.74, 6) is 0. The predicted molar refractivity (Wildman–Crippen MR) is 172 cm³/mol. The number of ether oxygens (including phenoxy) is 1. The van der Waals surface area contributed by atoms with E-state index in [9.17, 15) is 5.26 Å². The van der Waals surface area contributed by atoms with E-state index in [0.29, 0.717) is 28.8 Å². The lowest BCUT2D eigenvalue weighted by Crippen LogP contribution is -2.52. The molecule has 6 rings (SSSR count). The summed E-state index contributed by atoms with van der Waals surface area (Å²) in [5, 5.41) is 20.8. The quantitative estimate of drug-likeness (QED) is 0.263. The standard InChI is InChI=1S/C33H41ClN8O/c1-33(2,3)41-13-11-26(12-14-41)42-20-29(39-40-42)31(22-8-5-4-6-9-22)38-25-16-27-30(37-24-10-7-15-43-21-24)23(18-35)19-36-32(27)28(34)17-25/h4-6,8-9,16-17,19-20,24,26,31,38-40H,7,10-15,21H2,1-3H3,(H,36,37)/t24-,31+/m1/s1. The highest BCUT2D eigenvalue weighted by molar-refractivity contribution is 6.35. The first-order valence-electron chi connectivity index (χ1n) is 15.2. The Morgan fingerprint density at radius 2 is 1.93 bits per heavy atom. The Morgan fingerprint density at radius 1 is 1.14 bits per heavy atom. The van der Waals surface area contributed by atoms with E-state index in [4.69, 9.17) is 16.3 Å². The van der Waals surface area contributed by atoms with E-state index in [-0.39, 0.29) is 17.6 Å². The molecule has 10 heteroatoms. The first-order chi connectivity index (χ1) is 20.8. The summed E-state index contributed by atoms with van der Waals surface area (Å²) < 4.78 is 5.69. The van der Waals surface area contributed by atoms with E-state index in [1.54, 1.807) is 6.20 Å². The average molecular weight is 601 g/mol. The Balaban J connectivity index is 1.30. The fourth-order valence-electron chi connectivity index (χ4n) is 6.30. The number of nitrogens with zero attached hydrogens (tertiary/aromatic N) is 4. The van der Waals surface area contributed by atoms with Crippen LogP contribution in [0.4, 0.5) is 11.4 Å². The van der Waals surface area contributed by atoms with Crippen molar-refractivity contribution >= 4 is 33.9 Å². The Labute approximate surface area is 259 Å². The van der Waals surface area contributed by atoms with E-state index < -0.39 is 0 Å². The van der Waals surface area contributed by atoms with Crippen LogP contribution in [0, 0.1) is 11.3 Å². The number of pyridine rings is 1. The molecule has 3 aliphatic rings. The summed E-state index contributed by atoms with van der Waals surface area (Å²) >= 11 is 6.84. The number of hydrogen-bond donors (Lipinski definition) is 4. The van der Waals surface area contributed by atoms with Crippen molar-refractivity contribution < 1.29 is 4.74 Å². The first kappa shape index (κ1) is 29.5. The molecule has 2 fully saturated rings. The number of fused-ring (bicyclic) bond motifs is 1. The number of likely N-dealkylation sites (tertiary alicyclic amines) is 1. The van der Waals surface area contributed by atoms with Crippen LogP contribution in [0.1, 0.15) is 63.6 Å². The smallest absolute Gasteiger partial charge is 0.103 e. The molecule has 0 radical (unpaired) electrons. The minimum Gasteiger partial charge on any atom is -0.379 e. The summed E-state index contributed by atoms with van der Waals surface area (Å²) in [6.45, 7) is 10.4. The van der Waals surface area contributed by atoms with Gasteiger partial charge in [-0.25, -0.2) is 0 Å². The molecule has 2 aromatic carbocycles. The topological polar surface area (TPSA) is 101 Å². The third-order valence-electron chi connectivity index (χ3n) is 8.72. The molecule has 2 saturated heterocycles. The Hall–Kier alpha value is -3.55. The van der Waals surface area contributed by atoms with Crippen molar-refractivity contribution in [3.63, 3.8) is 0 Å². The zero-order valence-corrected chi connectivity index (χ0v) is 25.9. The number of piperidine rings is 1. The second-order valence-corrected chi connectivity index (χ2v) is 13.1. The van der Waals surface area contributed by atoms with Gasteiger partial charge in [-0.3, -0.25) is 14.9 Å². The van der Waals surface area contributed by atoms with Crippen LogP contribution in [0.25, 0.3) is 10.9 Å². The maximum Gasteiger partial charge on any atom is 0.103 e. The monoisotopic (exact) mass is 600 g/mol. The number of nitrogens with one attached hydrogen (secondary N) is 4. The van der Waals surface area contributed by atoms with Crippen LogP contribution in [-0.4, -0.2) is 58.8 Å². The molecule has 3 aromatic rings. The number of rotatable bonds is 7. The summed E-state index contributed by atoms with van der Waals surface area (Å²) in [6, 6.07) is 17.0. The lowest BCUT2D eigenvalue weighted by atomic mass is 9.98. The van der Waals surface area contributed by atoms with Crippen LogP contribution in [0.2, 0.25) is 5.02 Å². The number of halogens is 1. The first-order valence-corrected chi connectivity index (χ1v) is 15.6. The Morgan fingerprint density at radius 3 is 2.63 bits per heavy atom. The molecular formula is C33H41ClN8O. The van der Waals surface area contributed by atoms with Gasteiger partial charge in [0.15, 0.2) is 0 Å². The van der Waals surface area contributed by atoms with Crippen LogP contribution < -0.4 is 21.6 Å². The number of benzene rings is 2. The van der Waals surface area contributed by atoms with Gasteiger partial charge in [-0.1, -0.05) is 41.9 Å². The lowest BCUT2D eigenvalue weighted by molar-refractivity contribution is 0.0570. The molecule has 0 saturated carbocycles. The normalized spacial score (nSPS) is 20.8. The highest BCUT2D eigenvalue weighted by Gasteiger charge is 2.32. The molecule has 3 aliphatic heterocycles. The minimum absolute atomic E-state index is 0.124. The van der Waals surface area contributed by atoms with Crippen LogP contribution in [0.5, 0.6) is 0 Å². The average Bonchev–Trinajstić information content (AvgIpc) is 3.51. The Bertz CT molecular complexity index is 1500. The van der Waals surface area contributed by atoms with E-state index in [0.717, 1.165) is 73.4 Å². The third-order valence-corrected chi connectivity index (χ3v) is 9.01. The van der Waals surface area contributed by atoms with E-state index in [2.05, 4.69) is 93.8 Å². The maximum atomic E-state index is 9.93. The van der Waals surface area contributed by atoms with Gasteiger partial charge in [0.1, 0.15) is 6.07 Å². The number of anilines is 2. The van der Waals surface area contributed by atoms with Gasteiger partial charge < -0.3 is 20.8 Å². The number of hydrazine groups is 2. The molecule has 0 aliphatic carbocycles. The van der Waals surface area contributed by atoms with Crippen LogP contribution >= 0.6 is 11.6 Å². The number of aromatic nitrogens is 1. The summed E-state index contributed by atoms with van der Waals surface area (Å²) in [7, 11) is 0. The largest absolute Gasteiger partial charge is 0.379 e. The molecule has 4 heterocycles. The van der Waals surface area contributed by atoms with Gasteiger partial charge in [0.2, 0.25) is 0 Å². The SMILES string of the molecule is CC(C)(C)N1CCC(N2C=C([C@@H](Nc3cc(Cl)c4ncc(C#N)c(N[C@@H]5CCCOC5)c4c3)c3ccccc3)NN2)CC1. The zero-order valence-electron chi connectivity index (χ0n) is 25.2. The molecule has 9 nitrogen and oxygen atoms in total. The molecule has 0 spiro atoms. The molecule has 4 N–H and O–H groups in total. The minimum atomic E-state index is -0.169. The predicted octanol–water partition coefficient (Wildman–Crippen LogP) is 5.93. The van der Waals surface area contributed by atoms with E-state index >= 15 is 0 Å². The summed E-state index contributed by atoms with van der Waals surface area (Å²) in [4.78, 5) is 7.11. The molecular weight excluding hydrogens is 560 g/mol. The highest BCUT2D eigenvalue weighted by Crippen LogP contribution is 2.36. The van der Waals surface area contributed by atoms with Crippen molar-refractivity contribution in [2.45, 2.75) is 70.1 Å². The lowest BCUT2D eigenvalue weighted by Gasteiger charge is -2.42. The number of nitriles is 1. The second-order valence-electron chi connectivity index (χ2n) is 12.7. The van der Waals surface area contributed by atoms with Gasteiger partial charge in [-0.15, -0.1) is 5.53 Å². The van der Waals surface area contributed by atoms with Crippen molar-refractivity contribution in [1.82, 2.24) is 25.9 Å². The van der Waals surface area contributed by atoms with Crippen LogP contribution in [0.15, 0.2) is 60.6 Å². The van der Waals surface area contributed by atoms with Gasteiger partial charge in [0, 0.05) is 60.8 Å². The van der Waals surface area contributed by atoms with Crippen LogP contribution in [0.3, 0.4) is 0 Å².